The van der Waals surface area contributed by atoms with Crippen LogP contribution in [0.25, 0.3) is 0 Å². The highest BCUT2D eigenvalue weighted by atomic mass is 35.5. The van der Waals surface area contributed by atoms with Crippen molar-refractivity contribution < 1.29 is 4.74 Å². The second-order valence-electron chi connectivity index (χ2n) is 4.59. The van der Waals surface area contributed by atoms with Crippen LogP contribution in [0.4, 0.5) is 0 Å². The van der Waals surface area contributed by atoms with Crippen LogP contribution in [0.5, 0.6) is 5.75 Å². The van der Waals surface area contributed by atoms with Crippen LogP contribution in [-0.2, 0) is 0 Å². The largest absolute Gasteiger partial charge is 0.497 e. The molecule has 1 aromatic carbocycles. The molecule has 0 aliphatic carbocycles. The predicted molar refractivity (Wildman–Crippen MR) is 70.5 cm³/mol. The first-order chi connectivity index (χ1) is 8.20. The summed E-state index contributed by atoms with van der Waals surface area (Å²) < 4.78 is 5.13. The first kappa shape index (κ1) is 12.7. The van der Waals surface area contributed by atoms with Crippen molar-refractivity contribution in [3.8, 4) is 5.75 Å². The van der Waals surface area contributed by atoms with Gasteiger partial charge in [-0.3, -0.25) is 0 Å². The first-order valence-electron chi connectivity index (χ1n) is 6.00. The van der Waals surface area contributed by atoms with Crippen molar-refractivity contribution in [2.75, 3.05) is 20.2 Å². The van der Waals surface area contributed by atoms with E-state index < -0.39 is 0 Å². The van der Waals surface area contributed by atoms with E-state index >= 15 is 0 Å². The summed E-state index contributed by atoms with van der Waals surface area (Å²) in [5.74, 6) is 1.44. The third-order valence-electron chi connectivity index (χ3n) is 3.36. The number of methoxy groups -OCH3 is 1. The zero-order chi connectivity index (χ0) is 12.3. The highest BCUT2D eigenvalue weighted by molar-refractivity contribution is 6.31. The van der Waals surface area contributed by atoms with Gasteiger partial charge in [0.2, 0.25) is 0 Å². The van der Waals surface area contributed by atoms with Gasteiger partial charge in [0.05, 0.1) is 7.11 Å². The molecule has 2 rings (SSSR count). The highest BCUT2D eigenvalue weighted by Crippen LogP contribution is 2.30. The Bertz CT molecular complexity index is 378. The fraction of sp³-hybridized carbons (Fsp3) is 0.538. The average Bonchev–Trinajstić information content (AvgIpc) is 2.81. The zero-order valence-electron chi connectivity index (χ0n) is 10.1. The lowest BCUT2D eigenvalue weighted by Gasteiger charge is -2.17. The smallest absolute Gasteiger partial charge is 0.120 e. The standard InChI is InChI=1S/C13H19ClN2O/c1-17-10-2-3-11(12(14)7-10)13(15)6-9-4-5-16-8-9/h2-3,7,9,13,16H,4-6,8,15H2,1H3. The fourth-order valence-corrected chi connectivity index (χ4v) is 2.65. The van der Waals surface area contributed by atoms with Crippen LogP contribution in [0, 0.1) is 5.92 Å². The van der Waals surface area contributed by atoms with E-state index in [0.717, 1.165) is 30.8 Å². The summed E-state index contributed by atoms with van der Waals surface area (Å²) in [7, 11) is 1.63. The van der Waals surface area contributed by atoms with Crippen molar-refractivity contribution in [2.45, 2.75) is 18.9 Å². The number of ether oxygens (including phenoxy) is 1. The van der Waals surface area contributed by atoms with Gasteiger partial charge in [-0.1, -0.05) is 17.7 Å². The maximum Gasteiger partial charge on any atom is 0.120 e. The van der Waals surface area contributed by atoms with Gasteiger partial charge in [0, 0.05) is 11.1 Å². The normalized spacial score (nSPS) is 21.5. The molecule has 1 aliphatic rings. The molecule has 0 aromatic heterocycles. The monoisotopic (exact) mass is 254 g/mol. The summed E-state index contributed by atoms with van der Waals surface area (Å²) in [6.07, 6.45) is 2.19. The molecular weight excluding hydrogens is 236 g/mol. The summed E-state index contributed by atoms with van der Waals surface area (Å²) in [4.78, 5) is 0. The Hall–Kier alpha value is -0.770. The van der Waals surface area contributed by atoms with E-state index in [1.54, 1.807) is 7.11 Å². The molecule has 1 fully saturated rings. The summed E-state index contributed by atoms with van der Waals surface area (Å²) in [6, 6.07) is 5.71. The van der Waals surface area contributed by atoms with Crippen molar-refractivity contribution in [2.24, 2.45) is 11.7 Å². The van der Waals surface area contributed by atoms with Gasteiger partial charge in [-0.15, -0.1) is 0 Å². The molecular formula is C13H19ClN2O. The van der Waals surface area contributed by atoms with E-state index in [2.05, 4.69) is 5.32 Å². The summed E-state index contributed by atoms with van der Waals surface area (Å²) in [5, 5.41) is 4.05. The Morgan fingerprint density at radius 3 is 3.00 bits per heavy atom. The lowest BCUT2D eigenvalue weighted by Crippen LogP contribution is -2.17. The maximum absolute atomic E-state index is 6.21. The molecule has 4 heteroatoms. The van der Waals surface area contributed by atoms with Crippen LogP contribution >= 0.6 is 11.6 Å². The van der Waals surface area contributed by atoms with Gasteiger partial charge < -0.3 is 15.8 Å². The molecule has 3 N–H and O–H groups in total. The second-order valence-corrected chi connectivity index (χ2v) is 5.00. The van der Waals surface area contributed by atoms with E-state index in [1.807, 2.05) is 18.2 Å². The minimum atomic E-state index is 0.0123. The molecule has 0 bridgehead atoms. The minimum absolute atomic E-state index is 0.0123. The molecule has 2 atom stereocenters. The van der Waals surface area contributed by atoms with Crippen molar-refractivity contribution in [1.82, 2.24) is 5.32 Å². The summed E-state index contributed by atoms with van der Waals surface area (Å²) >= 11 is 6.21. The van der Waals surface area contributed by atoms with E-state index in [9.17, 15) is 0 Å². The fourth-order valence-electron chi connectivity index (χ4n) is 2.34. The van der Waals surface area contributed by atoms with Gasteiger partial charge in [-0.25, -0.2) is 0 Å². The quantitative estimate of drug-likeness (QED) is 0.867. The van der Waals surface area contributed by atoms with Gasteiger partial charge in [0.15, 0.2) is 0 Å². The summed E-state index contributed by atoms with van der Waals surface area (Å²) in [5.41, 5.74) is 7.23. The van der Waals surface area contributed by atoms with Gasteiger partial charge in [-0.2, -0.15) is 0 Å². The molecule has 3 nitrogen and oxygen atoms in total. The average molecular weight is 255 g/mol. The number of hydrogen-bond donors (Lipinski definition) is 2. The molecule has 17 heavy (non-hydrogen) atoms. The number of hydrogen-bond acceptors (Lipinski definition) is 3. The van der Waals surface area contributed by atoms with Crippen LogP contribution in [-0.4, -0.2) is 20.2 Å². The Morgan fingerprint density at radius 1 is 1.59 bits per heavy atom. The minimum Gasteiger partial charge on any atom is -0.497 e. The van der Waals surface area contributed by atoms with Crippen molar-refractivity contribution in [3.05, 3.63) is 28.8 Å². The number of nitrogens with one attached hydrogen (secondary N) is 1. The number of rotatable bonds is 4. The molecule has 0 spiro atoms. The maximum atomic E-state index is 6.21. The van der Waals surface area contributed by atoms with Gasteiger partial charge in [-0.05, 0) is 49.5 Å². The lowest BCUT2D eigenvalue weighted by atomic mass is 9.94. The van der Waals surface area contributed by atoms with Crippen molar-refractivity contribution >= 4 is 11.6 Å². The summed E-state index contributed by atoms with van der Waals surface area (Å²) in [6.45, 7) is 2.18. The molecule has 2 unspecified atom stereocenters. The van der Waals surface area contributed by atoms with Gasteiger partial charge in [0.1, 0.15) is 5.75 Å². The SMILES string of the molecule is COc1ccc(C(N)CC2CCNC2)c(Cl)c1. The highest BCUT2D eigenvalue weighted by Gasteiger charge is 2.20. The third kappa shape index (κ3) is 3.12. The second kappa shape index (κ2) is 5.71. The van der Waals surface area contributed by atoms with E-state index in [-0.39, 0.29) is 6.04 Å². The number of nitrogens with two attached hydrogens (primary N) is 1. The number of benzene rings is 1. The van der Waals surface area contributed by atoms with Crippen LogP contribution in [0.15, 0.2) is 18.2 Å². The van der Waals surface area contributed by atoms with Crippen LogP contribution in [0.1, 0.15) is 24.4 Å². The van der Waals surface area contributed by atoms with Gasteiger partial charge >= 0.3 is 0 Å². The van der Waals surface area contributed by atoms with Crippen molar-refractivity contribution in [3.63, 3.8) is 0 Å². The molecule has 0 saturated carbocycles. The zero-order valence-corrected chi connectivity index (χ0v) is 10.8. The lowest BCUT2D eigenvalue weighted by molar-refractivity contribution is 0.414. The van der Waals surface area contributed by atoms with E-state index in [1.165, 1.54) is 6.42 Å². The van der Waals surface area contributed by atoms with Crippen LogP contribution in [0.3, 0.4) is 0 Å². The molecule has 1 aliphatic heterocycles. The van der Waals surface area contributed by atoms with Crippen molar-refractivity contribution in [1.29, 1.82) is 0 Å². The molecule has 1 aromatic rings. The molecule has 0 amide bonds. The molecule has 94 valence electrons. The Balaban J connectivity index is 2.04. The Labute approximate surface area is 107 Å². The Morgan fingerprint density at radius 2 is 2.41 bits per heavy atom. The number of halogens is 1. The van der Waals surface area contributed by atoms with Crippen LogP contribution in [0.2, 0.25) is 5.02 Å². The van der Waals surface area contributed by atoms with Crippen LogP contribution < -0.4 is 15.8 Å². The molecule has 0 radical (unpaired) electrons. The Kier molecular flexibility index (Phi) is 4.26. The van der Waals surface area contributed by atoms with E-state index in [0.29, 0.717) is 10.9 Å². The molecule has 1 saturated heterocycles. The topological polar surface area (TPSA) is 47.3 Å². The van der Waals surface area contributed by atoms with Gasteiger partial charge in [0.25, 0.3) is 0 Å². The van der Waals surface area contributed by atoms with E-state index in [4.69, 9.17) is 22.1 Å². The predicted octanol–water partition coefficient (Wildman–Crippen LogP) is 2.35. The molecule has 1 heterocycles. The first-order valence-corrected chi connectivity index (χ1v) is 6.38. The third-order valence-corrected chi connectivity index (χ3v) is 3.68.